The van der Waals surface area contributed by atoms with Gasteiger partial charge in [0.25, 0.3) is 0 Å². The molecule has 24 heteroatoms. The number of thiophene rings is 2. The lowest BCUT2D eigenvalue weighted by Gasteiger charge is -2.30. The largest absolute Gasteiger partial charge is 0.370 e. The molecule has 3 aromatic rings. The highest BCUT2D eigenvalue weighted by molar-refractivity contribution is 7.99. The van der Waals surface area contributed by atoms with Gasteiger partial charge in [-0.15, -0.1) is 34.4 Å². The second kappa shape index (κ2) is 29.4. The van der Waals surface area contributed by atoms with Crippen LogP contribution in [0.1, 0.15) is 74.1 Å². The lowest BCUT2D eigenvalue weighted by molar-refractivity contribution is -0.143. The highest BCUT2D eigenvalue weighted by Gasteiger charge is 2.41. The third-order valence-electron chi connectivity index (χ3n) is 12.1. The topological polar surface area (TPSA) is 307 Å². The number of nitrogens with zero attached hydrogens (tertiary/aromatic N) is 2. The van der Waals surface area contributed by atoms with E-state index in [0.717, 1.165) is 15.3 Å². The number of hydrogen-bond acceptors (Lipinski definition) is 14. The number of nitrogens with one attached hydrogen (secondary N) is 5. The number of nitrogens with two attached hydrogens (primary N) is 3. The van der Waals surface area contributed by atoms with Gasteiger partial charge in [0.15, 0.2) is 11.7 Å². The number of carbonyl (C=O) groups excluding carboxylic acids is 9. The Bertz CT molecular complexity index is 2400. The lowest BCUT2D eigenvalue weighted by Crippen LogP contribution is -2.58. The van der Waals surface area contributed by atoms with Crippen LogP contribution in [0.25, 0.3) is 0 Å². The summed E-state index contributed by atoms with van der Waals surface area (Å²) >= 11 is 11.6. The zero-order valence-electron chi connectivity index (χ0n) is 40.8. The van der Waals surface area contributed by atoms with Crippen LogP contribution in [0.3, 0.4) is 0 Å². The van der Waals surface area contributed by atoms with Crippen molar-refractivity contribution in [3.05, 3.63) is 79.6 Å². The van der Waals surface area contributed by atoms with Crippen LogP contribution in [0.15, 0.2) is 64.3 Å². The van der Waals surface area contributed by atoms with Crippen molar-refractivity contribution in [3.63, 3.8) is 0 Å². The van der Waals surface area contributed by atoms with Crippen LogP contribution >= 0.6 is 57.8 Å². The second-order valence-corrected chi connectivity index (χ2v) is 22.9. The summed E-state index contributed by atoms with van der Waals surface area (Å²) in [6, 6.07) is 8.27. The first-order valence-electron chi connectivity index (χ1n) is 24.0. The van der Waals surface area contributed by atoms with Crippen molar-refractivity contribution in [3.8, 4) is 0 Å². The fourth-order valence-corrected chi connectivity index (χ4v) is 12.0. The fourth-order valence-electron chi connectivity index (χ4n) is 8.23. The second-order valence-electron chi connectivity index (χ2n) is 18.3. The zero-order chi connectivity index (χ0) is 53.0. The number of Topliss-reactive ketones (excluding diaryl/α,β-unsaturated/α-hetero) is 2. The van der Waals surface area contributed by atoms with Crippen molar-refractivity contribution >= 4 is 117 Å². The van der Waals surface area contributed by atoms with Gasteiger partial charge in [0.2, 0.25) is 41.4 Å². The predicted octanol–water partition coefficient (Wildman–Crippen LogP) is 2.67. The molecule has 0 spiro atoms. The van der Waals surface area contributed by atoms with E-state index in [-0.39, 0.29) is 74.3 Å². The Hall–Kier alpha value is -5.49. The van der Waals surface area contributed by atoms with Crippen molar-refractivity contribution in [1.82, 2.24) is 31.5 Å². The molecule has 5 rings (SSSR count). The van der Waals surface area contributed by atoms with Crippen LogP contribution in [-0.4, -0.2) is 124 Å². The molecular formula is C49H65ClN10O9S4. The normalized spacial score (nSPS) is 22.4. The number of guanidine groups is 1. The standard InChI is InChI=1S/C49H65ClN10O9S4/c1-28(2)42-47(68)57-37(23-41(51)63)40(62)21-31(48(69)60-27-71-26-39(60)46(67)56-36(10-3-15-54-49(52)53)44(65)55-24-35-9-6-18-73-35)25-70-16-4-7-33(61)20-30(19-29-11-13-32(50)14-12-29)43(64)58-38(45(66)59-42)22-34-8-5-17-72-34/h5-6,8-9,11-14,17-18,28,30-31,36-39,42H,3-4,7,10,15-16,19-27H2,1-2H3,(H2,51,63)(H,55,65)(H,56,67)(H,57,68)(H,58,64)(H,59,66)(H4,52,53,54)/t30-,31+,36-,37+,38+,39+,42+/m1/s1. The minimum atomic E-state index is -1.50. The number of ketones is 2. The van der Waals surface area contributed by atoms with Gasteiger partial charge in [-0.05, 0) is 77.9 Å². The molecule has 11 N–H and O–H groups in total. The van der Waals surface area contributed by atoms with Crippen molar-refractivity contribution in [1.29, 1.82) is 0 Å². The molecule has 2 aromatic heterocycles. The molecule has 2 aliphatic heterocycles. The van der Waals surface area contributed by atoms with Crippen LogP contribution in [0.4, 0.5) is 0 Å². The number of primary amides is 1. The summed E-state index contributed by atoms with van der Waals surface area (Å²) < 4.78 is 0. The molecule has 2 aliphatic rings. The minimum absolute atomic E-state index is 0.0575. The highest BCUT2D eigenvalue weighted by Crippen LogP contribution is 2.28. The average Bonchev–Trinajstić information content (AvgIpc) is 4.17. The third kappa shape index (κ3) is 19.1. The molecule has 7 amide bonds. The number of hydrogen-bond donors (Lipinski definition) is 8. The number of halogens is 1. The molecule has 7 atom stereocenters. The molecule has 0 radical (unpaired) electrons. The molecule has 0 saturated carbocycles. The summed E-state index contributed by atoms with van der Waals surface area (Å²) in [5.41, 5.74) is 17.4. The number of rotatable bonds is 17. The van der Waals surface area contributed by atoms with Gasteiger partial charge in [-0.3, -0.25) is 48.1 Å². The molecule has 2 fully saturated rings. The van der Waals surface area contributed by atoms with Gasteiger partial charge in [0.1, 0.15) is 30.0 Å². The van der Waals surface area contributed by atoms with Crippen LogP contribution < -0.4 is 43.8 Å². The molecule has 0 unspecified atom stereocenters. The van der Waals surface area contributed by atoms with Gasteiger partial charge in [-0.1, -0.05) is 49.7 Å². The molecule has 0 aliphatic carbocycles. The minimum Gasteiger partial charge on any atom is -0.370 e. The van der Waals surface area contributed by atoms with Crippen molar-refractivity contribution in [2.24, 2.45) is 39.9 Å². The van der Waals surface area contributed by atoms with Crippen molar-refractivity contribution in [2.75, 3.05) is 29.7 Å². The first kappa shape index (κ1) is 58.4. The fraction of sp³-hybridized carbons (Fsp3) is 0.510. The Labute approximate surface area is 446 Å². The van der Waals surface area contributed by atoms with Crippen LogP contribution in [-0.2, 0) is 62.5 Å². The number of thioether (sulfide) groups is 2. The smallest absolute Gasteiger partial charge is 0.244 e. The molecule has 73 heavy (non-hydrogen) atoms. The predicted molar refractivity (Wildman–Crippen MR) is 286 cm³/mol. The Kier molecular flexibility index (Phi) is 23.5. The quantitative estimate of drug-likeness (QED) is 0.0549. The Morgan fingerprint density at radius 2 is 1.53 bits per heavy atom. The Morgan fingerprint density at radius 3 is 2.19 bits per heavy atom. The van der Waals surface area contributed by atoms with Crippen LogP contribution in [0, 0.1) is 17.8 Å². The van der Waals surface area contributed by atoms with Gasteiger partial charge < -0.3 is 48.7 Å². The van der Waals surface area contributed by atoms with Gasteiger partial charge in [0, 0.05) is 64.4 Å². The van der Waals surface area contributed by atoms with Gasteiger partial charge in [-0.2, -0.15) is 11.8 Å². The van der Waals surface area contributed by atoms with E-state index in [0.29, 0.717) is 23.6 Å². The SMILES string of the molecule is CC(C)[C@@H]1NC(=O)[C@H](Cc2cccs2)NC(=O)[C@H](Cc2ccc(Cl)cc2)CC(=O)CCCSC[C@@H](C(=O)N2CSC[C@H]2C(=O)N[C@H](CCCN=C(N)N)C(=O)NCc2cccs2)CC(=O)[C@H](CC(N)=O)NC1=O. The van der Waals surface area contributed by atoms with E-state index < -0.39 is 108 Å². The van der Waals surface area contributed by atoms with E-state index in [4.69, 9.17) is 28.8 Å². The zero-order valence-corrected chi connectivity index (χ0v) is 44.8. The van der Waals surface area contributed by atoms with Gasteiger partial charge in [0.05, 0.1) is 30.8 Å². The highest BCUT2D eigenvalue weighted by atomic mass is 35.5. The van der Waals surface area contributed by atoms with E-state index in [1.807, 2.05) is 29.0 Å². The number of aliphatic imine (C=N–C) groups is 1. The van der Waals surface area contributed by atoms with E-state index in [1.54, 1.807) is 44.2 Å². The van der Waals surface area contributed by atoms with Crippen LogP contribution in [0.2, 0.25) is 5.02 Å². The Morgan fingerprint density at radius 1 is 0.836 bits per heavy atom. The lowest BCUT2D eigenvalue weighted by atomic mass is 9.91. The monoisotopic (exact) mass is 1100 g/mol. The summed E-state index contributed by atoms with van der Waals surface area (Å²) in [5, 5.41) is 18.1. The maximum Gasteiger partial charge on any atom is 0.244 e. The van der Waals surface area contributed by atoms with Gasteiger partial charge in [-0.25, -0.2) is 0 Å². The number of amides is 7. The van der Waals surface area contributed by atoms with E-state index in [1.165, 1.54) is 51.1 Å². The molecule has 396 valence electrons. The van der Waals surface area contributed by atoms with E-state index in [2.05, 4.69) is 31.6 Å². The Balaban J connectivity index is 1.41. The summed E-state index contributed by atoms with van der Waals surface area (Å²) in [7, 11) is 0. The van der Waals surface area contributed by atoms with Gasteiger partial charge >= 0.3 is 0 Å². The first-order chi connectivity index (χ1) is 34.9. The molecule has 2 saturated heterocycles. The average molecular weight is 1100 g/mol. The van der Waals surface area contributed by atoms with Crippen LogP contribution in [0.5, 0.6) is 0 Å². The summed E-state index contributed by atoms with van der Waals surface area (Å²) in [6.45, 7) is 3.80. The molecule has 19 nitrogen and oxygen atoms in total. The maximum atomic E-state index is 14.7. The molecule has 4 heterocycles. The van der Waals surface area contributed by atoms with E-state index in [9.17, 15) is 43.2 Å². The summed E-state index contributed by atoms with van der Waals surface area (Å²) in [4.78, 5) is 133. The summed E-state index contributed by atoms with van der Waals surface area (Å²) in [6.07, 6.45) is 0.0207. The first-order valence-corrected chi connectivity index (χ1v) is 28.5. The number of carbonyl (C=O) groups is 9. The van der Waals surface area contributed by atoms with E-state index >= 15 is 0 Å². The molecule has 0 bridgehead atoms. The third-order valence-corrected chi connectivity index (χ3v) is 16.4. The van der Waals surface area contributed by atoms with Crippen molar-refractivity contribution in [2.45, 2.75) is 108 Å². The maximum absolute atomic E-state index is 14.7. The number of benzene rings is 1. The summed E-state index contributed by atoms with van der Waals surface area (Å²) in [5.74, 6) is -7.30. The molecule has 1 aromatic carbocycles. The molecular weight excluding hydrogens is 1040 g/mol. The van der Waals surface area contributed by atoms with Crippen molar-refractivity contribution < 1.29 is 43.2 Å².